The van der Waals surface area contributed by atoms with Crippen LogP contribution in [0, 0.1) is 0 Å². The lowest BCUT2D eigenvalue weighted by Gasteiger charge is -1.65. The van der Waals surface area contributed by atoms with E-state index in [1.54, 1.807) is 0 Å². The molecule has 0 saturated heterocycles. The second-order valence-corrected chi connectivity index (χ2v) is 14.8. The van der Waals surface area contributed by atoms with E-state index in [0.717, 1.165) is 0 Å². The first-order valence-corrected chi connectivity index (χ1v) is 15.8. The van der Waals surface area contributed by atoms with Gasteiger partial charge in [0.05, 0.1) is 59.3 Å². The molecule has 0 aromatic carbocycles. The minimum atomic E-state index is -3.85. The Labute approximate surface area is 168 Å². The highest BCUT2D eigenvalue weighted by Gasteiger charge is 1.87. The molecule has 16 nitrogen and oxygen atoms in total. The molecule has 0 aliphatic carbocycles. The number of rotatable bonds is 0. The fourth-order valence-electron chi connectivity index (χ4n) is 0. The van der Waals surface area contributed by atoms with E-state index in [4.69, 9.17) is 51.9 Å². The zero-order chi connectivity index (χ0) is 18.0. The van der Waals surface area contributed by atoms with Crippen LogP contribution in [0.2, 0.25) is 0 Å². The monoisotopic (exact) mass is 708 g/mol. The van der Waals surface area contributed by atoms with Crippen molar-refractivity contribution < 1.29 is 51.9 Å². The van der Waals surface area contributed by atoms with Crippen molar-refractivity contribution in [2.75, 3.05) is 0 Å². The van der Waals surface area contributed by atoms with Crippen molar-refractivity contribution >= 4 is 93.5 Å². The van der Waals surface area contributed by atoms with E-state index in [2.05, 4.69) is 0 Å². The van der Waals surface area contributed by atoms with Crippen LogP contribution >= 0.6 is 59.3 Å². The average molecular weight is 712 g/mol. The minimum absolute atomic E-state index is 0. The molecule has 0 spiro atoms. The van der Waals surface area contributed by atoms with Crippen LogP contribution < -0.4 is 24.6 Å². The third-order valence-corrected chi connectivity index (χ3v) is 0. The molecule has 0 rings (SSSR count). The van der Waals surface area contributed by atoms with Crippen LogP contribution in [-0.4, -0.2) is 51.9 Å². The third-order valence-electron chi connectivity index (χ3n) is 0. The second-order valence-electron chi connectivity index (χ2n) is 1.65. The Morgan fingerprint density at radius 1 is 0.375 bits per heavy atom. The molecule has 0 atom stereocenters. The number of hydrogen-bond donors (Lipinski definition) is 8. The summed E-state index contributed by atoms with van der Waals surface area (Å²) in [6.07, 6.45) is 0. The maximum absolute atomic E-state index is 9.10. The normalized spacial score (nSPS) is 9.67. The quantitative estimate of drug-likeness (QED) is 0.130. The Morgan fingerprint density at radius 2 is 0.375 bits per heavy atom. The summed E-state index contributed by atoms with van der Waals surface area (Å²) in [4.78, 5) is 0. The highest BCUT2D eigenvalue weighted by Crippen LogP contribution is 1.89. The van der Waals surface area contributed by atoms with Crippen molar-refractivity contribution in [2.24, 2.45) is 0 Å². The molecule has 16 N–H and O–H groups in total. The van der Waals surface area contributed by atoms with E-state index in [0.29, 0.717) is 0 Å². The van der Waals surface area contributed by atoms with Crippen molar-refractivity contribution in [3.63, 3.8) is 0 Å². The lowest BCUT2D eigenvalue weighted by atomic mass is 14.0. The average Bonchev–Trinajstić information content (AvgIpc) is 1.62. The lowest BCUT2D eigenvalue weighted by Crippen LogP contribution is -1.76. The van der Waals surface area contributed by atoms with Gasteiger partial charge in [-0.1, -0.05) is 0 Å². The van der Waals surface area contributed by atoms with Crippen molar-refractivity contribution in [1.29, 1.82) is 0 Å². The van der Waals surface area contributed by atoms with Gasteiger partial charge in [0.25, 0.3) is 0 Å². The van der Waals surface area contributed by atoms with Crippen LogP contribution in [0.5, 0.6) is 0 Å². The van der Waals surface area contributed by atoms with Gasteiger partial charge < -0.3 is 24.6 Å². The zero-order valence-electron chi connectivity index (χ0n) is 11.0. The Hall–Kier alpha value is 1.40. The van der Waals surface area contributed by atoms with Crippen LogP contribution in [-0.2, 0) is 34.2 Å². The van der Waals surface area contributed by atoms with E-state index < -0.39 is 34.2 Å². The van der Waals surface area contributed by atoms with Crippen LogP contribution in [0.4, 0.5) is 0 Å². The minimum Gasteiger partial charge on any atom is -0.344 e. The molecule has 24 heavy (non-hydrogen) atoms. The maximum atomic E-state index is 9.10. The summed E-state index contributed by atoms with van der Waals surface area (Å²) >= 11 is 7.61. The summed E-state index contributed by atoms with van der Waals surface area (Å²) in [5.74, 6) is 0. The molecule has 0 saturated carbocycles. The summed E-state index contributed by atoms with van der Waals surface area (Å²) in [6.45, 7) is 0. The first kappa shape index (κ1) is 49.9. The fraction of sp³-hybridized carbons (Fsp3) is 0. The molecule has 0 amide bonds. The van der Waals surface area contributed by atoms with Crippen LogP contribution in [0.25, 0.3) is 0 Å². The Balaban J connectivity index is -0.0000000225. The van der Waals surface area contributed by atoms with Gasteiger partial charge in [-0.15, -0.1) is 0 Å². The van der Waals surface area contributed by atoms with Crippen LogP contribution in [0.15, 0.2) is 0 Å². The summed E-state index contributed by atoms with van der Waals surface area (Å²) in [5, 5.41) is 0. The van der Waals surface area contributed by atoms with E-state index in [1.165, 1.54) is 0 Å². The van der Waals surface area contributed by atoms with E-state index in [1.807, 2.05) is 59.3 Å². The van der Waals surface area contributed by atoms with Crippen molar-refractivity contribution in [3.8, 4) is 0 Å². The highest BCUT2D eigenvalue weighted by atomic mass is 79.9. The number of halogens is 4. The highest BCUT2D eigenvalue weighted by molar-refractivity contribution is 9.47. The van der Waals surface area contributed by atoms with Gasteiger partial charge >= 0.3 is 34.2 Å². The molecule has 0 radical (unpaired) electrons. The molecule has 0 aromatic rings. The Bertz CT molecular complexity index is 496. The summed E-state index contributed by atoms with van der Waals surface area (Å²) in [6, 6.07) is 0. The largest absolute Gasteiger partial charge is 0.344 e. The molecular weight excluding hydrogens is 696 g/mol. The van der Waals surface area contributed by atoms with Crippen LogP contribution in [0.1, 0.15) is 0 Å². The number of hydrogen-bond acceptors (Lipinski definition) is 12. The molecular formula is H16Br4N4O12S4. The van der Waals surface area contributed by atoms with Gasteiger partial charge in [-0.2, -0.15) is 33.7 Å². The summed E-state index contributed by atoms with van der Waals surface area (Å²) in [7, 11) is -15.4. The SMILES string of the molecule is N.N.N.N.O=S(=O)(O)Br.O=S(=O)(O)Br.O=S(=O)(O)Br.O=S(=O)(O)Br. The summed E-state index contributed by atoms with van der Waals surface area (Å²) < 4.78 is 102. The van der Waals surface area contributed by atoms with Gasteiger partial charge in [-0.05, 0) is 0 Å². The molecule has 0 aliphatic heterocycles. The first-order valence-electron chi connectivity index (χ1n) is 2.68. The lowest BCUT2D eigenvalue weighted by molar-refractivity contribution is 0.502. The van der Waals surface area contributed by atoms with Crippen molar-refractivity contribution in [3.05, 3.63) is 0 Å². The van der Waals surface area contributed by atoms with Crippen LogP contribution in [0.3, 0.4) is 0 Å². The Morgan fingerprint density at radius 3 is 0.375 bits per heavy atom. The summed E-state index contributed by atoms with van der Waals surface area (Å²) in [5.41, 5.74) is 0. The molecule has 24 heteroatoms. The molecule has 0 unspecified atom stereocenters. The van der Waals surface area contributed by atoms with Gasteiger partial charge in [0, 0.05) is 0 Å². The van der Waals surface area contributed by atoms with Gasteiger partial charge in [-0.25, -0.2) is 0 Å². The van der Waals surface area contributed by atoms with Gasteiger partial charge in [0.1, 0.15) is 0 Å². The van der Waals surface area contributed by atoms with E-state index in [-0.39, 0.29) is 24.6 Å². The van der Waals surface area contributed by atoms with E-state index >= 15 is 0 Å². The molecule has 0 fully saturated rings. The predicted molar refractivity (Wildman–Crippen MR) is 102 cm³/mol. The third kappa shape index (κ3) is 5990. The maximum Gasteiger partial charge on any atom is 0.326 e. The predicted octanol–water partition coefficient (Wildman–Crippen LogP) is 1.38. The smallest absolute Gasteiger partial charge is 0.326 e. The topological polar surface area (TPSA) is 357 Å². The molecule has 0 aromatic heterocycles. The van der Waals surface area contributed by atoms with Gasteiger partial charge in [0.2, 0.25) is 0 Å². The molecule has 0 heterocycles. The fourth-order valence-corrected chi connectivity index (χ4v) is 0. The molecule has 0 bridgehead atoms. The zero-order valence-corrected chi connectivity index (χ0v) is 20.6. The van der Waals surface area contributed by atoms with Gasteiger partial charge in [0.15, 0.2) is 0 Å². The Kier molecular flexibility index (Phi) is 43.1. The molecule has 160 valence electrons. The second kappa shape index (κ2) is 20.7. The van der Waals surface area contributed by atoms with Crippen molar-refractivity contribution in [2.45, 2.75) is 0 Å². The first-order chi connectivity index (χ1) is 8.00. The van der Waals surface area contributed by atoms with E-state index in [9.17, 15) is 0 Å². The molecule has 0 aliphatic rings. The van der Waals surface area contributed by atoms with Crippen molar-refractivity contribution in [1.82, 2.24) is 24.6 Å². The standard InChI is InChI=1S/4BrHO3S.4H3N/c4*1-5(2,3)4;;;;/h4*(H,2,3,4);4*1H3. The van der Waals surface area contributed by atoms with Gasteiger partial charge in [-0.3, -0.25) is 18.2 Å².